The Kier molecular flexibility index (Phi) is 6.10. The van der Waals surface area contributed by atoms with Gasteiger partial charge in [0, 0.05) is 18.7 Å². The van der Waals surface area contributed by atoms with E-state index in [1.165, 1.54) is 56.5 Å². The van der Waals surface area contributed by atoms with Crippen LogP contribution in [-0.2, 0) is 9.59 Å². The van der Waals surface area contributed by atoms with Gasteiger partial charge in [0.2, 0.25) is 5.91 Å². The third-order valence-corrected chi connectivity index (χ3v) is 5.37. The molecule has 1 aliphatic carbocycles. The highest BCUT2D eigenvalue weighted by molar-refractivity contribution is 8.00. The summed E-state index contributed by atoms with van der Waals surface area (Å²) >= 11 is 1.45. The van der Waals surface area contributed by atoms with E-state index in [9.17, 15) is 9.59 Å². The maximum Gasteiger partial charge on any atom is 0.251 e. The van der Waals surface area contributed by atoms with Gasteiger partial charge >= 0.3 is 0 Å². The fourth-order valence-corrected chi connectivity index (χ4v) is 3.98. The van der Waals surface area contributed by atoms with Crippen molar-refractivity contribution in [3.05, 3.63) is 11.4 Å². The molecule has 0 unspecified atom stereocenters. The van der Waals surface area contributed by atoms with Crippen LogP contribution < -0.4 is 10.9 Å². The van der Waals surface area contributed by atoms with E-state index in [4.69, 9.17) is 0 Å². The number of aromatic nitrogens is 2. The van der Waals surface area contributed by atoms with E-state index in [2.05, 4.69) is 27.3 Å². The average Bonchev–Trinajstić information content (AvgIpc) is 2.80. The Morgan fingerprint density at radius 3 is 2.48 bits per heavy atom. The molecule has 0 saturated heterocycles. The van der Waals surface area contributed by atoms with Gasteiger partial charge in [-0.25, -0.2) is 4.98 Å². The number of hydrogen-bond donors (Lipinski definition) is 2. The van der Waals surface area contributed by atoms with Gasteiger partial charge in [0.15, 0.2) is 5.16 Å². The van der Waals surface area contributed by atoms with Crippen molar-refractivity contribution in [1.82, 2.24) is 20.4 Å². The summed E-state index contributed by atoms with van der Waals surface area (Å²) in [4.78, 5) is 27.6. The molecule has 1 fully saturated rings. The molecule has 1 aliphatic rings. The number of imidazole rings is 1. The molecule has 1 saturated carbocycles. The van der Waals surface area contributed by atoms with Crippen molar-refractivity contribution in [2.45, 2.75) is 76.2 Å². The summed E-state index contributed by atoms with van der Waals surface area (Å²) in [6, 6.07) is 0.484. The smallest absolute Gasteiger partial charge is 0.251 e. The highest BCUT2D eigenvalue weighted by Gasteiger charge is 2.25. The Morgan fingerprint density at radius 2 is 1.87 bits per heavy atom. The second kappa shape index (κ2) is 7.86. The zero-order chi connectivity index (χ0) is 17.0. The summed E-state index contributed by atoms with van der Waals surface area (Å²) in [5, 5.41) is 0.572. The van der Waals surface area contributed by atoms with Crippen molar-refractivity contribution in [1.29, 1.82) is 0 Å². The minimum atomic E-state index is -0.328. The zero-order valence-corrected chi connectivity index (χ0v) is 15.1. The standard InChI is InChI=1S/C16H26N4O2S/c1-10-11(2)20(14-8-6-5-7-9-14)16(17-10)23-12(3)15(22)19-18-13(4)21/h12,14H,5-9H2,1-4H3,(H,18,21)(H,19,22)/t12-/m0/s1. The zero-order valence-electron chi connectivity index (χ0n) is 14.3. The molecule has 23 heavy (non-hydrogen) atoms. The summed E-state index contributed by atoms with van der Waals surface area (Å²) in [6.07, 6.45) is 6.17. The molecule has 0 aromatic carbocycles. The van der Waals surface area contributed by atoms with Crippen molar-refractivity contribution in [2.24, 2.45) is 0 Å². The van der Waals surface area contributed by atoms with Crippen LogP contribution in [0.4, 0.5) is 0 Å². The third-order valence-electron chi connectivity index (χ3n) is 4.31. The normalized spacial score (nSPS) is 16.9. The molecular weight excluding hydrogens is 312 g/mol. The lowest BCUT2D eigenvalue weighted by atomic mass is 9.95. The lowest BCUT2D eigenvalue weighted by molar-refractivity contribution is -0.127. The van der Waals surface area contributed by atoms with Crippen LogP contribution in [0.25, 0.3) is 0 Å². The molecule has 0 radical (unpaired) electrons. The third kappa shape index (κ3) is 4.50. The highest BCUT2D eigenvalue weighted by atomic mass is 32.2. The van der Waals surface area contributed by atoms with E-state index in [0.717, 1.165) is 10.9 Å². The molecular formula is C16H26N4O2S. The molecule has 2 amide bonds. The first-order valence-electron chi connectivity index (χ1n) is 8.18. The summed E-state index contributed by atoms with van der Waals surface area (Å²) in [7, 11) is 0. The number of hydrogen-bond acceptors (Lipinski definition) is 4. The van der Waals surface area contributed by atoms with Crippen molar-refractivity contribution in [3.8, 4) is 0 Å². The van der Waals surface area contributed by atoms with Gasteiger partial charge in [0.25, 0.3) is 5.91 Å². The first kappa shape index (κ1) is 17.8. The summed E-state index contributed by atoms with van der Waals surface area (Å²) in [5.74, 6) is -0.510. The number of rotatable bonds is 4. The van der Waals surface area contributed by atoms with E-state index >= 15 is 0 Å². The van der Waals surface area contributed by atoms with Crippen LogP contribution in [0.2, 0.25) is 0 Å². The summed E-state index contributed by atoms with van der Waals surface area (Å²) in [6.45, 7) is 7.30. The van der Waals surface area contributed by atoms with E-state index < -0.39 is 0 Å². The number of thioether (sulfide) groups is 1. The SMILES string of the molecule is CC(=O)NNC(=O)[C@H](C)Sc1nc(C)c(C)n1C1CCCCC1. The van der Waals surface area contributed by atoms with Crippen LogP contribution in [0.5, 0.6) is 0 Å². The molecule has 1 heterocycles. The lowest BCUT2D eigenvalue weighted by Gasteiger charge is -2.26. The summed E-state index contributed by atoms with van der Waals surface area (Å²) in [5.41, 5.74) is 6.96. The number of carbonyl (C=O) groups is 2. The molecule has 1 aromatic heterocycles. The predicted molar refractivity (Wildman–Crippen MR) is 91.1 cm³/mol. The molecule has 128 valence electrons. The number of nitrogens with one attached hydrogen (secondary N) is 2. The van der Waals surface area contributed by atoms with E-state index in [1.807, 2.05) is 13.8 Å². The van der Waals surface area contributed by atoms with Gasteiger partial charge in [-0.3, -0.25) is 20.4 Å². The molecule has 0 bridgehead atoms. The maximum atomic E-state index is 12.0. The average molecular weight is 338 g/mol. The van der Waals surface area contributed by atoms with Crippen molar-refractivity contribution < 1.29 is 9.59 Å². The Hall–Kier alpha value is -1.50. The first-order chi connectivity index (χ1) is 10.9. The molecule has 2 N–H and O–H groups in total. The van der Waals surface area contributed by atoms with Gasteiger partial charge in [-0.2, -0.15) is 0 Å². The quantitative estimate of drug-likeness (QED) is 0.654. The van der Waals surface area contributed by atoms with Crippen LogP contribution in [0.15, 0.2) is 5.16 Å². The molecule has 0 aliphatic heterocycles. The molecule has 1 atom stereocenters. The van der Waals surface area contributed by atoms with Crippen LogP contribution in [0.3, 0.4) is 0 Å². The Bertz CT molecular complexity index is 579. The predicted octanol–water partition coefficient (Wildman–Crippen LogP) is 2.65. The van der Waals surface area contributed by atoms with Crippen LogP contribution in [-0.4, -0.2) is 26.6 Å². The van der Waals surface area contributed by atoms with Gasteiger partial charge in [-0.05, 0) is 33.6 Å². The lowest BCUT2D eigenvalue weighted by Crippen LogP contribution is -2.44. The minimum Gasteiger partial charge on any atom is -0.320 e. The minimum absolute atomic E-state index is 0.223. The van der Waals surface area contributed by atoms with E-state index in [-0.39, 0.29) is 17.1 Å². The second-order valence-electron chi connectivity index (χ2n) is 6.16. The maximum absolute atomic E-state index is 12.0. The first-order valence-corrected chi connectivity index (χ1v) is 9.06. The Balaban J connectivity index is 2.11. The number of aryl methyl sites for hydroxylation is 1. The van der Waals surface area contributed by atoms with Crippen LogP contribution >= 0.6 is 11.8 Å². The number of hydrazine groups is 1. The van der Waals surface area contributed by atoms with Crippen LogP contribution in [0, 0.1) is 13.8 Å². The Morgan fingerprint density at radius 1 is 1.22 bits per heavy atom. The summed E-state index contributed by atoms with van der Waals surface area (Å²) < 4.78 is 2.31. The van der Waals surface area contributed by atoms with Gasteiger partial charge in [-0.1, -0.05) is 31.0 Å². The van der Waals surface area contributed by atoms with Gasteiger partial charge < -0.3 is 4.57 Å². The fraction of sp³-hybridized carbons (Fsp3) is 0.688. The largest absolute Gasteiger partial charge is 0.320 e. The van der Waals surface area contributed by atoms with E-state index in [0.29, 0.717) is 6.04 Å². The highest BCUT2D eigenvalue weighted by Crippen LogP contribution is 2.35. The Labute approximate surface area is 141 Å². The topological polar surface area (TPSA) is 76.0 Å². The molecule has 2 rings (SSSR count). The molecule has 1 aromatic rings. The van der Waals surface area contributed by atoms with Crippen LogP contribution in [0.1, 0.15) is 63.4 Å². The van der Waals surface area contributed by atoms with Crippen molar-refractivity contribution in [3.63, 3.8) is 0 Å². The van der Waals surface area contributed by atoms with Gasteiger partial charge in [0.1, 0.15) is 0 Å². The molecule has 0 spiro atoms. The van der Waals surface area contributed by atoms with Gasteiger partial charge in [-0.15, -0.1) is 0 Å². The van der Waals surface area contributed by atoms with Gasteiger partial charge in [0.05, 0.1) is 10.9 Å². The number of carbonyl (C=O) groups excluding carboxylic acids is 2. The molecule has 7 heteroatoms. The van der Waals surface area contributed by atoms with Crippen molar-refractivity contribution in [2.75, 3.05) is 0 Å². The van der Waals surface area contributed by atoms with Crippen molar-refractivity contribution >= 4 is 23.6 Å². The second-order valence-corrected chi connectivity index (χ2v) is 7.47. The molecule has 6 nitrogen and oxygen atoms in total. The fourth-order valence-electron chi connectivity index (χ4n) is 2.91. The number of nitrogens with zero attached hydrogens (tertiary/aromatic N) is 2. The monoisotopic (exact) mass is 338 g/mol. The number of amides is 2. The van der Waals surface area contributed by atoms with E-state index in [1.54, 1.807) is 0 Å².